The first-order valence-corrected chi connectivity index (χ1v) is 15.2. The van der Waals surface area contributed by atoms with E-state index in [-0.39, 0.29) is 23.5 Å². The Morgan fingerprint density at radius 2 is 1.45 bits per heavy atom. The molecule has 0 saturated carbocycles. The van der Waals surface area contributed by atoms with Crippen molar-refractivity contribution in [3.63, 3.8) is 0 Å². The SMILES string of the molecule is CCCC(C#N)n1c(=O)c2ccccc2n(CCCCN2CCC(OC(c3ccccc3)c3ccccc3)CC2)c1=O. The zero-order chi connectivity index (χ0) is 29.3. The van der Waals surface area contributed by atoms with E-state index in [1.54, 1.807) is 16.7 Å². The molecule has 0 bridgehead atoms. The average molecular weight is 565 g/mol. The van der Waals surface area contributed by atoms with E-state index >= 15 is 0 Å². The highest BCUT2D eigenvalue weighted by atomic mass is 16.5. The highest BCUT2D eigenvalue weighted by Gasteiger charge is 2.25. The van der Waals surface area contributed by atoms with Crippen molar-refractivity contribution in [1.82, 2.24) is 14.0 Å². The monoisotopic (exact) mass is 564 g/mol. The Hall–Kier alpha value is -3.99. The fourth-order valence-corrected chi connectivity index (χ4v) is 6.03. The maximum Gasteiger partial charge on any atom is 0.332 e. The third-order valence-corrected chi connectivity index (χ3v) is 8.28. The molecule has 1 saturated heterocycles. The van der Waals surface area contributed by atoms with Crippen molar-refractivity contribution in [2.45, 2.75) is 70.2 Å². The van der Waals surface area contributed by atoms with E-state index in [0.29, 0.717) is 23.9 Å². The van der Waals surface area contributed by atoms with E-state index in [2.05, 4.69) is 59.5 Å². The number of hydrogen-bond acceptors (Lipinski definition) is 5. The van der Waals surface area contributed by atoms with E-state index in [9.17, 15) is 14.9 Å². The first-order chi connectivity index (χ1) is 20.6. The van der Waals surface area contributed by atoms with Crippen LogP contribution in [0.5, 0.6) is 0 Å². The summed E-state index contributed by atoms with van der Waals surface area (Å²) in [5, 5.41) is 10.2. The van der Waals surface area contributed by atoms with Crippen LogP contribution in [0.25, 0.3) is 10.9 Å². The lowest BCUT2D eigenvalue weighted by Crippen LogP contribution is -2.42. The Bertz CT molecular complexity index is 1560. The van der Waals surface area contributed by atoms with Crippen molar-refractivity contribution >= 4 is 10.9 Å². The summed E-state index contributed by atoms with van der Waals surface area (Å²) in [6.07, 6.45) is 5.05. The first-order valence-electron chi connectivity index (χ1n) is 15.2. The van der Waals surface area contributed by atoms with Gasteiger partial charge in [-0.1, -0.05) is 86.1 Å². The number of likely N-dealkylation sites (tertiary alicyclic amines) is 1. The number of fused-ring (bicyclic) bond motifs is 1. The molecule has 0 spiro atoms. The topological polar surface area (TPSA) is 80.3 Å². The van der Waals surface area contributed by atoms with Gasteiger partial charge in [-0.3, -0.25) is 9.36 Å². The predicted octanol–water partition coefficient (Wildman–Crippen LogP) is 6.08. The van der Waals surface area contributed by atoms with Gasteiger partial charge in [0.1, 0.15) is 12.1 Å². The molecule has 7 nitrogen and oxygen atoms in total. The van der Waals surface area contributed by atoms with Gasteiger partial charge >= 0.3 is 5.69 Å². The van der Waals surface area contributed by atoms with Crippen LogP contribution in [0.2, 0.25) is 0 Å². The molecule has 0 radical (unpaired) electrons. The molecule has 1 aliphatic rings. The van der Waals surface area contributed by atoms with Gasteiger partial charge in [-0.2, -0.15) is 5.26 Å². The highest BCUT2D eigenvalue weighted by molar-refractivity contribution is 5.77. The van der Waals surface area contributed by atoms with Gasteiger partial charge in [0.15, 0.2) is 0 Å². The zero-order valence-corrected chi connectivity index (χ0v) is 24.4. The second-order valence-corrected chi connectivity index (χ2v) is 11.1. The first kappa shape index (κ1) is 29.5. The normalized spacial score (nSPS) is 15.2. The molecule has 2 heterocycles. The van der Waals surface area contributed by atoms with Crippen molar-refractivity contribution in [3.8, 4) is 6.07 Å². The fraction of sp³-hybridized carbons (Fsp3) is 0.400. The zero-order valence-electron chi connectivity index (χ0n) is 24.4. The van der Waals surface area contributed by atoms with Crippen LogP contribution in [-0.2, 0) is 11.3 Å². The van der Waals surface area contributed by atoms with Crippen LogP contribution in [0.1, 0.15) is 68.7 Å². The number of unbranched alkanes of at least 4 members (excludes halogenated alkanes) is 1. The number of aromatic nitrogens is 2. The minimum Gasteiger partial charge on any atom is -0.365 e. The maximum atomic E-state index is 13.5. The summed E-state index contributed by atoms with van der Waals surface area (Å²) in [6.45, 7) is 5.38. The van der Waals surface area contributed by atoms with Crippen molar-refractivity contribution < 1.29 is 4.74 Å². The Balaban J connectivity index is 1.18. The van der Waals surface area contributed by atoms with Gasteiger partial charge in [0.25, 0.3) is 5.56 Å². The Kier molecular flexibility index (Phi) is 10.0. The molecule has 1 fully saturated rings. The second kappa shape index (κ2) is 14.3. The Morgan fingerprint density at radius 3 is 2.07 bits per heavy atom. The van der Waals surface area contributed by atoms with Gasteiger partial charge in [-0.25, -0.2) is 9.36 Å². The van der Waals surface area contributed by atoms with Gasteiger partial charge in [0.05, 0.1) is 23.1 Å². The summed E-state index contributed by atoms with van der Waals surface area (Å²) in [4.78, 5) is 29.1. The molecule has 5 rings (SSSR count). The molecule has 218 valence electrons. The van der Waals surface area contributed by atoms with Crippen LogP contribution in [0.3, 0.4) is 0 Å². The van der Waals surface area contributed by atoms with Gasteiger partial charge in [0.2, 0.25) is 0 Å². The molecule has 0 aliphatic carbocycles. The van der Waals surface area contributed by atoms with Gasteiger partial charge in [0, 0.05) is 19.6 Å². The van der Waals surface area contributed by atoms with Crippen LogP contribution < -0.4 is 11.2 Å². The molecule has 4 aromatic rings. The summed E-state index contributed by atoms with van der Waals surface area (Å²) in [5.41, 5.74) is 2.23. The molecular weight excluding hydrogens is 524 g/mol. The van der Waals surface area contributed by atoms with Gasteiger partial charge in [-0.15, -0.1) is 0 Å². The lowest BCUT2D eigenvalue weighted by molar-refractivity contribution is -0.0271. The quantitative estimate of drug-likeness (QED) is 0.195. The van der Waals surface area contributed by atoms with Crippen LogP contribution in [-0.4, -0.2) is 39.8 Å². The summed E-state index contributed by atoms with van der Waals surface area (Å²) in [6, 6.07) is 29.5. The Morgan fingerprint density at radius 1 is 0.857 bits per heavy atom. The van der Waals surface area contributed by atoms with E-state index in [1.165, 1.54) is 11.1 Å². The van der Waals surface area contributed by atoms with E-state index in [4.69, 9.17) is 4.74 Å². The smallest absolute Gasteiger partial charge is 0.332 e. The third kappa shape index (κ3) is 6.73. The molecular formula is C35H40N4O3. The summed E-state index contributed by atoms with van der Waals surface area (Å²) in [5.74, 6) is 0. The fourth-order valence-electron chi connectivity index (χ4n) is 6.03. The molecule has 1 atom stereocenters. The van der Waals surface area contributed by atoms with Crippen molar-refractivity contribution in [1.29, 1.82) is 5.26 Å². The maximum absolute atomic E-state index is 13.5. The minimum atomic E-state index is -0.752. The molecule has 7 heteroatoms. The van der Waals surface area contributed by atoms with Crippen molar-refractivity contribution in [2.75, 3.05) is 19.6 Å². The van der Waals surface area contributed by atoms with Crippen LogP contribution in [0, 0.1) is 11.3 Å². The minimum absolute atomic E-state index is 0.0710. The standard InChI is InChI=1S/C35H40N4O3/c1-2-13-29(26-36)39-34(40)31-18-9-10-19-32(31)38(35(39)41)23-12-11-22-37-24-20-30(21-25-37)42-33(27-14-5-3-6-15-27)28-16-7-4-8-17-28/h3-10,14-19,29-30,33H,2,11-13,20-25H2,1H3. The number of ether oxygens (including phenoxy) is 1. The Labute approximate surface area is 247 Å². The van der Waals surface area contributed by atoms with E-state index in [1.807, 2.05) is 31.2 Å². The van der Waals surface area contributed by atoms with E-state index < -0.39 is 6.04 Å². The molecule has 1 unspecified atom stereocenters. The molecule has 0 amide bonds. The summed E-state index contributed by atoms with van der Waals surface area (Å²) >= 11 is 0. The van der Waals surface area contributed by atoms with Crippen molar-refractivity contribution in [3.05, 3.63) is 117 Å². The molecule has 1 aromatic heterocycles. The summed E-state index contributed by atoms with van der Waals surface area (Å²) in [7, 11) is 0. The largest absolute Gasteiger partial charge is 0.365 e. The van der Waals surface area contributed by atoms with Crippen LogP contribution >= 0.6 is 0 Å². The molecule has 3 aromatic carbocycles. The van der Waals surface area contributed by atoms with Crippen molar-refractivity contribution in [2.24, 2.45) is 0 Å². The number of piperidine rings is 1. The third-order valence-electron chi connectivity index (χ3n) is 8.28. The summed E-state index contributed by atoms with van der Waals surface area (Å²) < 4.78 is 9.55. The highest BCUT2D eigenvalue weighted by Crippen LogP contribution is 2.30. The van der Waals surface area contributed by atoms with Crippen LogP contribution in [0.15, 0.2) is 94.5 Å². The van der Waals surface area contributed by atoms with E-state index in [0.717, 1.165) is 56.3 Å². The van der Waals surface area contributed by atoms with Gasteiger partial charge < -0.3 is 9.64 Å². The molecule has 42 heavy (non-hydrogen) atoms. The molecule has 1 aliphatic heterocycles. The number of rotatable bonds is 12. The predicted molar refractivity (Wildman–Crippen MR) is 167 cm³/mol. The lowest BCUT2D eigenvalue weighted by atomic mass is 10.00. The number of aryl methyl sites for hydroxylation is 1. The number of nitriles is 1. The number of nitrogens with zero attached hydrogens (tertiary/aromatic N) is 4. The molecule has 0 N–H and O–H groups in total. The second-order valence-electron chi connectivity index (χ2n) is 11.1. The lowest BCUT2D eigenvalue weighted by Gasteiger charge is -2.34. The number of benzene rings is 3. The number of hydrogen-bond donors (Lipinski definition) is 0. The number of para-hydroxylation sites is 1. The average Bonchev–Trinajstić information content (AvgIpc) is 3.04. The van der Waals surface area contributed by atoms with Crippen LogP contribution in [0.4, 0.5) is 0 Å². The van der Waals surface area contributed by atoms with Gasteiger partial charge in [-0.05, 0) is 61.9 Å².